The molecule has 2 nitrogen and oxygen atoms in total. The molecular formula is C15H21NaO2S. The molecule has 0 saturated heterocycles. The molecule has 0 unspecified atom stereocenters. The molecule has 0 aliphatic rings. The van der Waals surface area contributed by atoms with Crippen molar-refractivity contribution in [1.82, 2.24) is 0 Å². The van der Waals surface area contributed by atoms with E-state index in [4.69, 9.17) is 4.74 Å². The molecule has 0 fully saturated rings. The average molecular weight is 288 g/mol. The van der Waals surface area contributed by atoms with Crippen LogP contribution in [0.3, 0.4) is 0 Å². The summed E-state index contributed by atoms with van der Waals surface area (Å²) in [7, 11) is 0. The van der Waals surface area contributed by atoms with Gasteiger partial charge < -0.3 is 9.29 Å². The molecule has 0 saturated carbocycles. The number of hydrogen-bond donors (Lipinski definition) is 0. The molecule has 0 atom stereocenters. The van der Waals surface area contributed by atoms with Crippen LogP contribution in [0.25, 0.3) is 0 Å². The third-order valence-corrected chi connectivity index (χ3v) is 2.51. The van der Waals surface area contributed by atoms with Gasteiger partial charge in [0.05, 0.1) is 0 Å². The summed E-state index contributed by atoms with van der Waals surface area (Å²) in [5.74, 6) is 0.727. The summed E-state index contributed by atoms with van der Waals surface area (Å²) >= 11 is 0.475. The van der Waals surface area contributed by atoms with Crippen molar-refractivity contribution in [3.63, 3.8) is 0 Å². The topological polar surface area (TPSA) is 32.3 Å². The van der Waals surface area contributed by atoms with E-state index in [2.05, 4.69) is 0 Å². The molecule has 0 aromatic heterocycles. The molecule has 0 amide bonds. The van der Waals surface area contributed by atoms with E-state index >= 15 is 0 Å². The Balaban J connectivity index is 0. The van der Waals surface area contributed by atoms with Crippen molar-refractivity contribution in [2.75, 3.05) is 6.61 Å². The number of rotatable bonds is 5. The van der Waals surface area contributed by atoms with Crippen LogP contribution in [0.4, 0.5) is 0 Å². The zero-order valence-electron chi connectivity index (χ0n) is 12.5. The molecular weight excluding hydrogens is 267 g/mol. The number of hydrogen-bond acceptors (Lipinski definition) is 3. The molecule has 19 heavy (non-hydrogen) atoms. The molecule has 0 heterocycles. The van der Waals surface area contributed by atoms with E-state index in [-0.39, 0.29) is 29.6 Å². The SMILES string of the molecule is C/C=C\C(=C/C)COc1cccc(S[O-])c1.CC.[Na+]. The summed E-state index contributed by atoms with van der Waals surface area (Å²) in [4.78, 5) is 0.672. The third-order valence-electron chi connectivity index (χ3n) is 2.06. The van der Waals surface area contributed by atoms with Crippen molar-refractivity contribution in [3.05, 3.63) is 48.1 Å². The Morgan fingerprint density at radius 1 is 1.32 bits per heavy atom. The minimum Gasteiger partial charge on any atom is -0.795 e. The normalized spacial score (nSPS) is 10.5. The molecule has 4 heteroatoms. The van der Waals surface area contributed by atoms with E-state index in [1.807, 2.05) is 58.1 Å². The van der Waals surface area contributed by atoms with Crippen LogP contribution in [0.5, 0.6) is 5.75 Å². The summed E-state index contributed by atoms with van der Waals surface area (Å²) in [6.45, 7) is 8.47. The average Bonchev–Trinajstić information content (AvgIpc) is 2.45. The molecule has 0 spiro atoms. The van der Waals surface area contributed by atoms with E-state index < -0.39 is 0 Å². The van der Waals surface area contributed by atoms with Crippen molar-refractivity contribution in [2.45, 2.75) is 32.6 Å². The summed E-state index contributed by atoms with van der Waals surface area (Å²) in [5.41, 5.74) is 1.11. The van der Waals surface area contributed by atoms with Crippen molar-refractivity contribution < 1.29 is 38.8 Å². The number of ether oxygens (including phenoxy) is 1. The van der Waals surface area contributed by atoms with Crippen LogP contribution in [0.2, 0.25) is 0 Å². The van der Waals surface area contributed by atoms with Gasteiger partial charge in [-0.3, -0.25) is 0 Å². The second-order valence-corrected chi connectivity index (χ2v) is 3.85. The van der Waals surface area contributed by atoms with Crippen molar-refractivity contribution in [2.24, 2.45) is 0 Å². The fraction of sp³-hybridized carbons (Fsp3) is 0.333. The van der Waals surface area contributed by atoms with Gasteiger partial charge in [-0.2, -0.15) is 0 Å². The fourth-order valence-electron chi connectivity index (χ4n) is 1.22. The first-order valence-electron chi connectivity index (χ1n) is 6.10. The largest absolute Gasteiger partial charge is 1.00 e. The Morgan fingerprint density at radius 2 is 2.00 bits per heavy atom. The maximum Gasteiger partial charge on any atom is 1.00 e. The zero-order chi connectivity index (χ0) is 13.8. The van der Waals surface area contributed by atoms with Gasteiger partial charge in [0.25, 0.3) is 0 Å². The van der Waals surface area contributed by atoms with Gasteiger partial charge in [-0.05, 0) is 42.5 Å². The van der Waals surface area contributed by atoms with Gasteiger partial charge >= 0.3 is 29.6 Å². The molecule has 100 valence electrons. The predicted octanol–water partition coefficient (Wildman–Crippen LogP) is 1.84. The van der Waals surface area contributed by atoms with Crippen LogP contribution in [-0.4, -0.2) is 11.2 Å². The maximum atomic E-state index is 10.6. The molecule has 1 aromatic carbocycles. The smallest absolute Gasteiger partial charge is 0.795 e. The van der Waals surface area contributed by atoms with Gasteiger partial charge in [0, 0.05) is 0 Å². The van der Waals surface area contributed by atoms with E-state index in [0.717, 1.165) is 11.3 Å². The monoisotopic (exact) mass is 288 g/mol. The third kappa shape index (κ3) is 9.36. The van der Waals surface area contributed by atoms with Crippen LogP contribution < -0.4 is 34.3 Å². The molecule has 0 N–H and O–H groups in total. The van der Waals surface area contributed by atoms with Gasteiger partial charge in [0.2, 0.25) is 0 Å². The summed E-state index contributed by atoms with van der Waals surface area (Å²) in [6.07, 6.45) is 5.99. The maximum absolute atomic E-state index is 10.6. The van der Waals surface area contributed by atoms with Gasteiger partial charge in [-0.15, -0.1) is 0 Å². The summed E-state index contributed by atoms with van der Waals surface area (Å²) < 4.78 is 16.2. The van der Waals surface area contributed by atoms with Crippen LogP contribution in [0.15, 0.2) is 53.0 Å². The molecule has 0 bridgehead atoms. The summed E-state index contributed by atoms with van der Waals surface area (Å²) in [5, 5.41) is 0. The molecule has 0 aliphatic carbocycles. The second-order valence-electron chi connectivity index (χ2n) is 3.21. The minimum atomic E-state index is 0. The van der Waals surface area contributed by atoms with Crippen LogP contribution in [0.1, 0.15) is 27.7 Å². The van der Waals surface area contributed by atoms with Crippen LogP contribution in [0, 0.1) is 0 Å². The standard InChI is InChI=1S/C13H16O2S.C2H6.Na/c1-3-6-11(4-2)10-15-12-7-5-8-13(9-12)16-14;1-2;/h3-9,14H,10H2,1-2H3;1-2H3;/q;;+1/p-1/b6-3-,11-4+;;. The molecule has 1 rings (SSSR count). The van der Waals surface area contributed by atoms with Gasteiger partial charge in [-0.1, -0.05) is 38.1 Å². The van der Waals surface area contributed by atoms with Crippen molar-refractivity contribution >= 4 is 12.0 Å². The molecule has 0 aliphatic heterocycles. The first kappa shape index (κ1) is 21.1. The fourth-order valence-corrected chi connectivity index (χ4v) is 1.52. The summed E-state index contributed by atoms with van der Waals surface area (Å²) in [6, 6.07) is 7.19. The second kappa shape index (κ2) is 14.2. The first-order valence-corrected chi connectivity index (χ1v) is 6.85. The number of benzene rings is 1. The Labute approximate surface area is 143 Å². The van der Waals surface area contributed by atoms with E-state index in [0.29, 0.717) is 23.5 Å². The number of allylic oxidation sites excluding steroid dienone is 2. The van der Waals surface area contributed by atoms with E-state index in [9.17, 15) is 4.55 Å². The Bertz CT molecular complexity index is 389. The van der Waals surface area contributed by atoms with Crippen molar-refractivity contribution in [1.29, 1.82) is 0 Å². The van der Waals surface area contributed by atoms with Crippen LogP contribution >= 0.6 is 12.0 Å². The van der Waals surface area contributed by atoms with E-state index in [1.165, 1.54) is 0 Å². The van der Waals surface area contributed by atoms with Crippen LogP contribution in [-0.2, 0) is 0 Å². The Kier molecular flexibility index (Phi) is 15.8. The quantitative estimate of drug-likeness (QED) is 0.471. The molecule has 0 radical (unpaired) electrons. The van der Waals surface area contributed by atoms with Gasteiger partial charge in [0.15, 0.2) is 0 Å². The minimum absolute atomic E-state index is 0. The van der Waals surface area contributed by atoms with Gasteiger partial charge in [-0.25, -0.2) is 12.0 Å². The molecule has 1 aromatic rings. The Morgan fingerprint density at radius 3 is 2.53 bits per heavy atom. The van der Waals surface area contributed by atoms with Crippen molar-refractivity contribution in [3.8, 4) is 5.75 Å². The van der Waals surface area contributed by atoms with Gasteiger partial charge in [0.1, 0.15) is 12.4 Å². The predicted molar refractivity (Wildman–Crippen MR) is 78.5 cm³/mol. The Hall–Kier alpha value is -0.190. The first-order chi connectivity index (χ1) is 8.80. The van der Waals surface area contributed by atoms with E-state index in [1.54, 1.807) is 12.1 Å². The zero-order valence-corrected chi connectivity index (χ0v) is 15.3.